The molecule has 0 spiro atoms. The molecule has 1 aliphatic heterocycles. The molecule has 0 unspecified atom stereocenters. The maximum atomic E-state index is 6.03. The van der Waals surface area contributed by atoms with E-state index < -0.39 is 0 Å². The van der Waals surface area contributed by atoms with Gasteiger partial charge in [0, 0.05) is 25.3 Å². The van der Waals surface area contributed by atoms with E-state index in [0.29, 0.717) is 12.0 Å². The first-order valence-corrected chi connectivity index (χ1v) is 8.28. The summed E-state index contributed by atoms with van der Waals surface area (Å²) in [6, 6.07) is 11.6. The van der Waals surface area contributed by atoms with Crippen LogP contribution in [0.2, 0.25) is 0 Å². The molecule has 0 saturated heterocycles. The second-order valence-corrected chi connectivity index (χ2v) is 6.69. The average Bonchev–Trinajstić information content (AvgIpc) is 3.37. The normalized spacial score (nSPS) is 21.6. The number of pyridine rings is 1. The first-order valence-electron chi connectivity index (χ1n) is 8.28. The van der Waals surface area contributed by atoms with Crippen LogP contribution >= 0.6 is 0 Å². The zero-order valence-electron chi connectivity index (χ0n) is 13.1. The smallest absolute Gasteiger partial charge is 0.126 e. The van der Waals surface area contributed by atoms with E-state index in [1.807, 2.05) is 6.20 Å². The lowest BCUT2D eigenvalue weighted by Crippen LogP contribution is -2.33. The molecule has 114 valence electrons. The fourth-order valence-corrected chi connectivity index (χ4v) is 3.62. The molecule has 3 nitrogen and oxygen atoms in total. The van der Waals surface area contributed by atoms with Crippen LogP contribution in [-0.2, 0) is 13.0 Å². The van der Waals surface area contributed by atoms with Gasteiger partial charge < -0.3 is 5.73 Å². The fraction of sp³-hybridized carbons (Fsp3) is 0.421. The zero-order valence-corrected chi connectivity index (χ0v) is 13.1. The summed E-state index contributed by atoms with van der Waals surface area (Å²) in [7, 11) is 0. The van der Waals surface area contributed by atoms with Gasteiger partial charge >= 0.3 is 0 Å². The van der Waals surface area contributed by atoms with E-state index in [9.17, 15) is 0 Å². The van der Waals surface area contributed by atoms with Gasteiger partial charge in [-0.05, 0) is 60.4 Å². The van der Waals surface area contributed by atoms with Crippen LogP contribution in [-0.4, -0.2) is 16.4 Å². The third-order valence-corrected chi connectivity index (χ3v) is 5.13. The molecule has 0 radical (unpaired) electrons. The molecule has 1 aromatic carbocycles. The summed E-state index contributed by atoms with van der Waals surface area (Å²) in [5.41, 5.74) is 11.6. The molecule has 2 aliphatic rings. The lowest BCUT2D eigenvalue weighted by Gasteiger charge is -2.35. The number of nitrogen functional groups attached to an aromatic ring is 1. The topological polar surface area (TPSA) is 42.2 Å². The highest BCUT2D eigenvalue weighted by Gasteiger charge is 2.27. The molecule has 1 atom stereocenters. The minimum atomic E-state index is 0.465. The van der Waals surface area contributed by atoms with Crippen molar-refractivity contribution in [2.45, 2.75) is 44.7 Å². The Hall–Kier alpha value is -1.87. The van der Waals surface area contributed by atoms with Gasteiger partial charge in [0.05, 0.1) is 0 Å². The number of benzene rings is 1. The van der Waals surface area contributed by atoms with Crippen LogP contribution in [0.15, 0.2) is 36.5 Å². The van der Waals surface area contributed by atoms with Crippen LogP contribution < -0.4 is 5.73 Å². The van der Waals surface area contributed by atoms with E-state index >= 15 is 0 Å². The van der Waals surface area contributed by atoms with Gasteiger partial charge in [-0.25, -0.2) is 4.98 Å². The summed E-state index contributed by atoms with van der Waals surface area (Å²) in [6.07, 6.45) is 5.62. The number of nitrogens with zero attached hydrogens (tertiary/aromatic N) is 2. The summed E-state index contributed by atoms with van der Waals surface area (Å²) in [5, 5.41) is 0. The van der Waals surface area contributed by atoms with Crippen LogP contribution in [0, 0.1) is 0 Å². The van der Waals surface area contributed by atoms with Crippen molar-refractivity contribution in [2.24, 2.45) is 0 Å². The molecule has 1 saturated carbocycles. The molecule has 1 aromatic heterocycles. The van der Waals surface area contributed by atoms with Crippen molar-refractivity contribution >= 4 is 5.82 Å². The third kappa shape index (κ3) is 2.50. The van der Waals surface area contributed by atoms with Gasteiger partial charge in [-0.2, -0.15) is 0 Å². The number of fused-ring (bicyclic) bond motifs is 1. The number of aromatic nitrogens is 1. The Morgan fingerprint density at radius 1 is 1.23 bits per heavy atom. The molecule has 2 aromatic rings. The van der Waals surface area contributed by atoms with Crippen LogP contribution in [0.4, 0.5) is 5.82 Å². The van der Waals surface area contributed by atoms with E-state index in [0.717, 1.165) is 25.3 Å². The highest BCUT2D eigenvalue weighted by molar-refractivity contribution is 5.45. The number of hydrogen-bond acceptors (Lipinski definition) is 3. The monoisotopic (exact) mass is 293 g/mol. The summed E-state index contributed by atoms with van der Waals surface area (Å²) in [4.78, 5) is 6.97. The number of nitrogens with two attached hydrogens (primary N) is 1. The molecule has 1 aliphatic carbocycles. The van der Waals surface area contributed by atoms with Gasteiger partial charge in [0.1, 0.15) is 5.82 Å². The Morgan fingerprint density at radius 2 is 2.05 bits per heavy atom. The van der Waals surface area contributed by atoms with Gasteiger partial charge in [0.25, 0.3) is 0 Å². The standard InChI is InChI=1S/C19H23N3/c1-13-17-5-3-2-4-15(17)8-9-22(13)12-14-10-18(16-6-7-16)19(20)21-11-14/h2-5,10-11,13,16H,6-9,12H2,1H3,(H2,20,21)/t13-/m1/s1. The van der Waals surface area contributed by atoms with E-state index in [4.69, 9.17) is 5.73 Å². The van der Waals surface area contributed by atoms with E-state index in [2.05, 4.69) is 47.1 Å². The van der Waals surface area contributed by atoms with Gasteiger partial charge in [-0.1, -0.05) is 24.3 Å². The fourth-order valence-electron chi connectivity index (χ4n) is 3.62. The Bertz CT molecular complexity index is 691. The van der Waals surface area contributed by atoms with Gasteiger partial charge in [-0.15, -0.1) is 0 Å². The number of anilines is 1. The summed E-state index contributed by atoms with van der Waals surface area (Å²) >= 11 is 0. The molecule has 4 rings (SSSR count). The number of hydrogen-bond donors (Lipinski definition) is 1. The molecule has 1 fully saturated rings. The minimum absolute atomic E-state index is 0.465. The van der Waals surface area contributed by atoms with Crippen molar-refractivity contribution in [3.8, 4) is 0 Å². The maximum absolute atomic E-state index is 6.03. The largest absolute Gasteiger partial charge is 0.383 e. The van der Waals surface area contributed by atoms with E-state index in [-0.39, 0.29) is 0 Å². The van der Waals surface area contributed by atoms with Crippen molar-refractivity contribution < 1.29 is 0 Å². The van der Waals surface area contributed by atoms with Crippen molar-refractivity contribution in [1.82, 2.24) is 9.88 Å². The van der Waals surface area contributed by atoms with Crippen LogP contribution in [0.3, 0.4) is 0 Å². The SMILES string of the molecule is C[C@@H]1c2ccccc2CCN1Cc1cnc(N)c(C2CC2)c1. The molecule has 2 heterocycles. The molecule has 3 heteroatoms. The van der Waals surface area contributed by atoms with Crippen molar-refractivity contribution in [1.29, 1.82) is 0 Å². The predicted octanol–water partition coefficient (Wildman–Crippen LogP) is 3.66. The third-order valence-electron chi connectivity index (χ3n) is 5.13. The van der Waals surface area contributed by atoms with Gasteiger partial charge in [0.2, 0.25) is 0 Å². The Labute approximate surface area is 132 Å². The van der Waals surface area contributed by atoms with E-state index in [1.54, 1.807) is 0 Å². The predicted molar refractivity (Wildman–Crippen MR) is 89.6 cm³/mol. The molecular weight excluding hydrogens is 270 g/mol. The average molecular weight is 293 g/mol. The minimum Gasteiger partial charge on any atom is -0.383 e. The summed E-state index contributed by atoms with van der Waals surface area (Å²) in [5.74, 6) is 1.38. The van der Waals surface area contributed by atoms with Gasteiger partial charge in [-0.3, -0.25) is 4.90 Å². The van der Waals surface area contributed by atoms with Crippen molar-refractivity contribution in [3.05, 3.63) is 58.8 Å². The molecule has 0 bridgehead atoms. The highest BCUT2D eigenvalue weighted by Crippen LogP contribution is 2.42. The first-order chi connectivity index (χ1) is 10.7. The maximum Gasteiger partial charge on any atom is 0.126 e. The molecule has 2 N–H and O–H groups in total. The molecule has 22 heavy (non-hydrogen) atoms. The van der Waals surface area contributed by atoms with Crippen LogP contribution in [0.1, 0.15) is 54.0 Å². The Morgan fingerprint density at radius 3 is 2.86 bits per heavy atom. The molecular formula is C19H23N3. The van der Waals surface area contributed by atoms with Crippen LogP contribution in [0.5, 0.6) is 0 Å². The zero-order chi connectivity index (χ0) is 15.1. The first kappa shape index (κ1) is 13.8. The second kappa shape index (κ2) is 5.40. The lowest BCUT2D eigenvalue weighted by molar-refractivity contribution is 0.189. The highest BCUT2D eigenvalue weighted by atomic mass is 15.2. The van der Waals surface area contributed by atoms with Gasteiger partial charge in [0.15, 0.2) is 0 Å². The molecule has 0 amide bonds. The van der Waals surface area contributed by atoms with E-state index in [1.165, 1.54) is 35.1 Å². The van der Waals surface area contributed by atoms with Crippen molar-refractivity contribution in [3.63, 3.8) is 0 Å². The quantitative estimate of drug-likeness (QED) is 0.939. The number of rotatable bonds is 3. The van der Waals surface area contributed by atoms with Crippen molar-refractivity contribution in [2.75, 3.05) is 12.3 Å². The Balaban J connectivity index is 1.56. The Kier molecular flexibility index (Phi) is 3.38. The summed E-state index contributed by atoms with van der Waals surface area (Å²) in [6.45, 7) is 4.38. The summed E-state index contributed by atoms with van der Waals surface area (Å²) < 4.78 is 0. The lowest BCUT2D eigenvalue weighted by atomic mass is 9.93. The van der Waals surface area contributed by atoms with Crippen LogP contribution in [0.25, 0.3) is 0 Å². The second-order valence-electron chi connectivity index (χ2n) is 6.69.